The van der Waals surface area contributed by atoms with E-state index in [4.69, 9.17) is 0 Å². The minimum Gasteiger partial charge on any atom is -0.355 e. The molecular weight excluding hydrogens is 336 g/mol. The second-order valence-corrected chi connectivity index (χ2v) is 8.31. The van der Waals surface area contributed by atoms with Gasteiger partial charge in [0.05, 0.1) is 4.90 Å². The summed E-state index contributed by atoms with van der Waals surface area (Å²) in [5, 5.41) is 2.55. The van der Waals surface area contributed by atoms with E-state index in [9.17, 15) is 13.2 Å². The minimum atomic E-state index is -3.56. The van der Waals surface area contributed by atoms with Crippen molar-refractivity contribution in [3.63, 3.8) is 0 Å². The summed E-state index contributed by atoms with van der Waals surface area (Å²) in [6, 6.07) is 13.9. The molecule has 25 heavy (non-hydrogen) atoms. The number of carbonyl (C=O) groups is 1. The molecule has 1 amide bonds. The van der Waals surface area contributed by atoms with Gasteiger partial charge >= 0.3 is 0 Å². The molecule has 0 heterocycles. The number of hydrogen-bond acceptors (Lipinski definition) is 3. The largest absolute Gasteiger partial charge is 0.355 e. The highest BCUT2D eigenvalue weighted by Gasteiger charge is 2.21. The van der Waals surface area contributed by atoms with Gasteiger partial charge in [-0.25, -0.2) is 8.42 Å². The fourth-order valence-corrected chi connectivity index (χ4v) is 3.61. The van der Waals surface area contributed by atoms with Gasteiger partial charge in [0.1, 0.15) is 0 Å². The van der Waals surface area contributed by atoms with Gasteiger partial charge in [0.25, 0.3) is 5.91 Å². The van der Waals surface area contributed by atoms with Gasteiger partial charge in [-0.15, -0.1) is 0 Å². The molecule has 0 atom stereocenters. The van der Waals surface area contributed by atoms with Crippen molar-refractivity contribution >= 4 is 15.9 Å². The molecule has 0 radical (unpaired) electrons. The summed E-state index contributed by atoms with van der Waals surface area (Å²) in [4.78, 5) is 11.8. The minimum absolute atomic E-state index is 0.169. The molecule has 0 bridgehead atoms. The highest BCUT2D eigenvalue weighted by Crippen LogP contribution is 2.20. The van der Waals surface area contributed by atoms with Gasteiger partial charge in [0.15, 0.2) is 0 Å². The van der Waals surface area contributed by atoms with Crippen LogP contribution in [0.2, 0.25) is 0 Å². The van der Waals surface area contributed by atoms with E-state index in [1.165, 1.54) is 4.31 Å². The van der Waals surface area contributed by atoms with Crippen LogP contribution in [0.1, 0.15) is 41.3 Å². The van der Waals surface area contributed by atoms with Crippen LogP contribution in [0.4, 0.5) is 0 Å². The maximum Gasteiger partial charge on any atom is 0.251 e. The van der Waals surface area contributed by atoms with Gasteiger partial charge in [0.2, 0.25) is 10.0 Å². The molecular formula is C19H24N2O3S. The predicted octanol–water partition coefficient (Wildman–Crippen LogP) is 2.99. The van der Waals surface area contributed by atoms with E-state index in [1.54, 1.807) is 50.5 Å². The van der Waals surface area contributed by atoms with E-state index in [1.807, 2.05) is 12.1 Å². The average Bonchev–Trinajstić information content (AvgIpc) is 2.61. The van der Waals surface area contributed by atoms with E-state index >= 15 is 0 Å². The number of benzene rings is 2. The number of nitrogens with one attached hydrogen (secondary N) is 1. The Morgan fingerprint density at radius 3 is 2.08 bits per heavy atom. The lowest BCUT2D eigenvalue weighted by molar-refractivity contribution is 0.0963. The molecule has 5 nitrogen and oxygen atoms in total. The Labute approximate surface area is 149 Å². The van der Waals surface area contributed by atoms with Crippen LogP contribution in [0.15, 0.2) is 53.4 Å². The van der Waals surface area contributed by atoms with Crippen molar-refractivity contribution in [2.24, 2.45) is 0 Å². The molecule has 0 aliphatic carbocycles. The lowest BCUT2D eigenvalue weighted by atomic mass is 10.0. The van der Waals surface area contributed by atoms with Crippen molar-refractivity contribution in [3.05, 3.63) is 65.2 Å². The van der Waals surface area contributed by atoms with Crippen molar-refractivity contribution in [2.75, 3.05) is 14.1 Å². The van der Waals surface area contributed by atoms with Gasteiger partial charge in [-0.1, -0.05) is 38.1 Å². The summed E-state index contributed by atoms with van der Waals surface area (Å²) >= 11 is 0. The normalized spacial score (nSPS) is 11.8. The third kappa shape index (κ3) is 4.46. The quantitative estimate of drug-likeness (QED) is 0.861. The third-order valence-electron chi connectivity index (χ3n) is 4.10. The summed E-state index contributed by atoms with van der Waals surface area (Å²) in [5.41, 5.74) is 2.46. The first-order chi connectivity index (χ1) is 11.8. The number of carbonyl (C=O) groups excluding carboxylic acids is 1. The molecule has 0 unspecified atom stereocenters. The van der Waals surface area contributed by atoms with Crippen molar-refractivity contribution < 1.29 is 13.2 Å². The van der Waals surface area contributed by atoms with Crippen molar-refractivity contribution in [3.8, 4) is 0 Å². The summed E-state index contributed by atoms with van der Waals surface area (Å²) in [7, 11) is -0.432. The monoisotopic (exact) mass is 360 g/mol. The van der Waals surface area contributed by atoms with Crippen LogP contribution in [0.25, 0.3) is 0 Å². The van der Waals surface area contributed by atoms with E-state index in [0.29, 0.717) is 11.5 Å². The first kappa shape index (κ1) is 19.1. The van der Waals surface area contributed by atoms with Gasteiger partial charge in [0, 0.05) is 26.2 Å². The van der Waals surface area contributed by atoms with Gasteiger partial charge < -0.3 is 5.32 Å². The van der Waals surface area contributed by atoms with E-state index in [2.05, 4.69) is 19.2 Å². The van der Waals surface area contributed by atoms with Crippen LogP contribution >= 0.6 is 0 Å². The number of hydrogen-bond donors (Lipinski definition) is 1. The molecule has 0 aliphatic rings. The molecule has 2 aromatic carbocycles. The summed E-state index contributed by atoms with van der Waals surface area (Å²) in [6.07, 6.45) is 0. The second-order valence-electron chi connectivity index (χ2n) is 6.26. The Morgan fingerprint density at radius 2 is 1.60 bits per heavy atom. The Morgan fingerprint density at radius 1 is 1.04 bits per heavy atom. The number of sulfonamides is 1. The first-order valence-electron chi connectivity index (χ1n) is 8.13. The van der Waals surface area contributed by atoms with Gasteiger partial charge in [-0.2, -0.15) is 4.31 Å². The predicted molar refractivity (Wildman–Crippen MR) is 99.0 cm³/mol. The zero-order valence-electron chi connectivity index (χ0n) is 15.0. The van der Waals surface area contributed by atoms with Crippen LogP contribution in [0, 0.1) is 0 Å². The maximum absolute atomic E-state index is 12.7. The molecule has 0 aromatic heterocycles. The fourth-order valence-electron chi connectivity index (χ4n) is 2.45. The molecule has 0 aliphatic heterocycles. The topological polar surface area (TPSA) is 66.5 Å². The van der Waals surface area contributed by atoms with Crippen molar-refractivity contribution in [1.29, 1.82) is 0 Å². The number of nitrogens with zero attached hydrogens (tertiary/aromatic N) is 1. The van der Waals surface area contributed by atoms with Crippen LogP contribution in [0.3, 0.4) is 0 Å². The Hall–Kier alpha value is -2.18. The molecule has 0 fully saturated rings. The molecule has 2 aromatic rings. The van der Waals surface area contributed by atoms with Crippen LogP contribution < -0.4 is 5.32 Å². The van der Waals surface area contributed by atoms with Crippen LogP contribution in [-0.2, 0) is 16.6 Å². The molecule has 0 spiro atoms. The zero-order chi connectivity index (χ0) is 18.6. The van der Waals surface area contributed by atoms with E-state index < -0.39 is 10.0 Å². The number of rotatable bonds is 6. The first-order valence-corrected chi connectivity index (χ1v) is 9.57. The summed E-state index contributed by atoms with van der Waals surface area (Å²) in [6.45, 7) is 4.37. The Kier molecular flexibility index (Phi) is 5.98. The standard InChI is InChI=1S/C19H24N2O3S/c1-14(2)16-9-11-18(12-10-16)25(23,24)21(4)13-15-5-7-17(8-6-15)19(22)20-3/h5-12,14H,13H2,1-4H3,(H,20,22). The lowest BCUT2D eigenvalue weighted by Gasteiger charge is -2.18. The third-order valence-corrected chi connectivity index (χ3v) is 5.92. The molecule has 6 heteroatoms. The molecule has 2 rings (SSSR count). The Balaban J connectivity index is 2.15. The van der Waals surface area contributed by atoms with Crippen LogP contribution in [-0.4, -0.2) is 32.7 Å². The van der Waals surface area contributed by atoms with Crippen LogP contribution in [0.5, 0.6) is 0 Å². The maximum atomic E-state index is 12.7. The van der Waals surface area contributed by atoms with Crippen molar-refractivity contribution in [2.45, 2.75) is 31.2 Å². The zero-order valence-corrected chi connectivity index (χ0v) is 15.8. The van der Waals surface area contributed by atoms with E-state index in [-0.39, 0.29) is 17.3 Å². The van der Waals surface area contributed by atoms with Crippen molar-refractivity contribution in [1.82, 2.24) is 9.62 Å². The van der Waals surface area contributed by atoms with E-state index in [0.717, 1.165) is 11.1 Å². The summed E-state index contributed by atoms with van der Waals surface area (Å²) < 4.78 is 26.7. The molecule has 0 saturated carbocycles. The molecule has 0 saturated heterocycles. The second kappa shape index (κ2) is 7.80. The smallest absolute Gasteiger partial charge is 0.251 e. The fraction of sp³-hybridized carbons (Fsp3) is 0.316. The average molecular weight is 360 g/mol. The highest BCUT2D eigenvalue weighted by molar-refractivity contribution is 7.89. The lowest BCUT2D eigenvalue weighted by Crippen LogP contribution is -2.26. The SMILES string of the molecule is CNC(=O)c1ccc(CN(C)S(=O)(=O)c2ccc(C(C)C)cc2)cc1. The Bertz CT molecular complexity index is 826. The molecule has 1 N–H and O–H groups in total. The number of amides is 1. The van der Waals surface area contributed by atoms with Gasteiger partial charge in [-0.3, -0.25) is 4.79 Å². The van der Waals surface area contributed by atoms with Gasteiger partial charge in [-0.05, 0) is 41.3 Å². The summed E-state index contributed by atoms with van der Waals surface area (Å²) in [5.74, 6) is 0.186. The highest BCUT2D eigenvalue weighted by atomic mass is 32.2. The molecule has 134 valence electrons.